The summed E-state index contributed by atoms with van der Waals surface area (Å²) in [5.74, 6) is 0.452. The molecule has 2 saturated heterocycles. The molecule has 5 nitrogen and oxygen atoms in total. The fourth-order valence-electron chi connectivity index (χ4n) is 3.31. The second-order valence-electron chi connectivity index (χ2n) is 6.46. The summed E-state index contributed by atoms with van der Waals surface area (Å²) >= 11 is 0. The second kappa shape index (κ2) is 4.45. The van der Waals surface area contributed by atoms with Gasteiger partial charge in [0.1, 0.15) is 0 Å². The topological polar surface area (TPSA) is 66.5 Å². The number of nitrogens with zero attached hydrogens (tertiary/aromatic N) is 1. The van der Waals surface area contributed by atoms with Gasteiger partial charge < -0.3 is 10.2 Å². The lowest BCUT2D eigenvalue weighted by atomic mass is 9.93. The van der Waals surface area contributed by atoms with Crippen molar-refractivity contribution in [2.24, 2.45) is 0 Å². The zero-order valence-corrected chi connectivity index (χ0v) is 12.2. The van der Waals surface area contributed by atoms with Gasteiger partial charge in [0.15, 0.2) is 9.84 Å². The first-order valence-electron chi connectivity index (χ1n) is 7.18. The SMILES string of the molecule is CC1(N2CCCC(NC3CC3)C2=O)CCS(=O)(=O)C1. The molecule has 2 aliphatic heterocycles. The molecule has 1 amide bonds. The van der Waals surface area contributed by atoms with Gasteiger partial charge >= 0.3 is 0 Å². The van der Waals surface area contributed by atoms with Gasteiger partial charge in [0.25, 0.3) is 0 Å². The third-order valence-corrected chi connectivity index (χ3v) is 6.47. The maximum absolute atomic E-state index is 12.6. The summed E-state index contributed by atoms with van der Waals surface area (Å²) in [6.45, 7) is 2.63. The normalized spacial score (nSPS) is 38.7. The van der Waals surface area contributed by atoms with Crippen LogP contribution >= 0.6 is 0 Å². The average Bonchev–Trinajstić information content (AvgIpc) is 3.08. The Balaban J connectivity index is 1.74. The molecule has 0 aromatic rings. The van der Waals surface area contributed by atoms with Gasteiger partial charge in [-0.15, -0.1) is 0 Å². The highest BCUT2D eigenvalue weighted by atomic mass is 32.2. The lowest BCUT2D eigenvalue weighted by Crippen LogP contribution is -2.59. The fraction of sp³-hybridized carbons (Fsp3) is 0.923. The molecule has 0 spiro atoms. The van der Waals surface area contributed by atoms with Gasteiger partial charge in [-0.3, -0.25) is 4.79 Å². The molecule has 3 fully saturated rings. The molecule has 3 rings (SSSR count). The number of rotatable bonds is 3. The Bertz CT molecular complexity index is 486. The van der Waals surface area contributed by atoms with Crippen molar-refractivity contribution in [1.82, 2.24) is 10.2 Å². The second-order valence-corrected chi connectivity index (χ2v) is 8.65. The van der Waals surface area contributed by atoms with Crippen LogP contribution in [0.15, 0.2) is 0 Å². The lowest BCUT2D eigenvalue weighted by Gasteiger charge is -2.43. The molecular formula is C13H22N2O3S. The van der Waals surface area contributed by atoms with E-state index in [0.717, 1.165) is 25.7 Å². The number of hydrogen-bond acceptors (Lipinski definition) is 4. The van der Waals surface area contributed by atoms with E-state index < -0.39 is 15.4 Å². The highest BCUT2D eigenvalue weighted by Crippen LogP contribution is 2.33. The summed E-state index contributed by atoms with van der Waals surface area (Å²) in [5.41, 5.74) is -0.486. The highest BCUT2D eigenvalue weighted by Gasteiger charge is 2.47. The molecule has 3 aliphatic rings. The van der Waals surface area contributed by atoms with Gasteiger partial charge in [0, 0.05) is 12.6 Å². The number of piperidine rings is 1. The molecule has 19 heavy (non-hydrogen) atoms. The Morgan fingerprint density at radius 1 is 1.32 bits per heavy atom. The molecule has 0 radical (unpaired) electrons. The summed E-state index contributed by atoms with van der Waals surface area (Å²) in [5, 5.41) is 3.39. The van der Waals surface area contributed by atoms with Crippen molar-refractivity contribution in [3.63, 3.8) is 0 Å². The number of hydrogen-bond donors (Lipinski definition) is 1. The van der Waals surface area contributed by atoms with Crippen LogP contribution in [0.4, 0.5) is 0 Å². The van der Waals surface area contributed by atoms with Crippen molar-refractivity contribution in [3.8, 4) is 0 Å². The Labute approximate surface area is 114 Å². The third kappa shape index (κ3) is 2.65. The predicted molar refractivity (Wildman–Crippen MR) is 72.6 cm³/mol. The van der Waals surface area contributed by atoms with Crippen LogP contribution in [0.3, 0.4) is 0 Å². The lowest BCUT2D eigenvalue weighted by molar-refractivity contribution is -0.141. The highest BCUT2D eigenvalue weighted by molar-refractivity contribution is 7.91. The number of sulfone groups is 1. The van der Waals surface area contributed by atoms with Gasteiger partial charge in [-0.2, -0.15) is 0 Å². The van der Waals surface area contributed by atoms with Gasteiger partial charge in [0.05, 0.1) is 23.1 Å². The van der Waals surface area contributed by atoms with Gasteiger partial charge in [-0.25, -0.2) is 8.42 Å². The van der Waals surface area contributed by atoms with Crippen molar-refractivity contribution in [2.45, 2.75) is 56.7 Å². The summed E-state index contributed by atoms with van der Waals surface area (Å²) in [4.78, 5) is 14.4. The molecule has 1 N–H and O–H groups in total. The van der Waals surface area contributed by atoms with Gasteiger partial charge in [-0.05, 0) is 39.0 Å². The first kappa shape index (κ1) is 13.4. The van der Waals surface area contributed by atoms with Crippen molar-refractivity contribution in [2.75, 3.05) is 18.1 Å². The monoisotopic (exact) mass is 286 g/mol. The van der Waals surface area contributed by atoms with E-state index >= 15 is 0 Å². The molecule has 108 valence electrons. The smallest absolute Gasteiger partial charge is 0.240 e. The van der Waals surface area contributed by atoms with E-state index in [1.165, 1.54) is 0 Å². The largest absolute Gasteiger partial charge is 0.335 e. The fourth-order valence-corrected chi connectivity index (χ4v) is 5.45. The third-order valence-electron chi connectivity index (χ3n) is 4.59. The number of carbonyl (C=O) groups is 1. The maximum atomic E-state index is 12.6. The maximum Gasteiger partial charge on any atom is 0.240 e. The Morgan fingerprint density at radius 3 is 2.63 bits per heavy atom. The van der Waals surface area contributed by atoms with Crippen molar-refractivity contribution >= 4 is 15.7 Å². The van der Waals surface area contributed by atoms with Crippen LogP contribution in [0, 0.1) is 0 Å². The summed E-state index contributed by atoms with van der Waals surface area (Å²) in [6, 6.07) is 0.412. The Morgan fingerprint density at radius 2 is 2.05 bits per heavy atom. The van der Waals surface area contributed by atoms with E-state index in [0.29, 0.717) is 19.0 Å². The molecule has 6 heteroatoms. The quantitative estimate of drug-likeness (QED) is 0.811. The number of nitrogens with one attached hydrogen (secondary N) is 1. The summed E-state index contributed by atoms with van der Waals surface area (Å²) in [6.07, 6.45) is 4.75. The average molecular weight is 286 g/mol. The first-order valence-corrected chi connectivity index (χ1v) is 9.00. The van der Waals surface area contributed by atoms with Crippen LogP contribution in [-0.4, -0.2) is 54.9 Å². The number of carbonyl (C=O) groups excluding carboxylic acids is 1. The van der Waals surface area contributed by atoms with E-state index in [1.54, 1.807) is 0 Å². The molecule has 0 bridgehead atoms. The van der Waals surface area contributed by atoms with Gasteiger partial charge in [-0.1, -0.05) is 0 Å². The zero-order valence-electron chi connectivity index (χ0n) is 11.4. The summed E-state index contributed by atoms with van der Waals surface area (Å²) in [7, 11) is -2.97. The Kier molecular flexibility index (Phi) is 3.13. The summed E-state index contributed by atoms with van der Waals surface area (Å²) < 4.78 is 23.4. The molecule has 0 aromatic carbocycles. The molecule has 2 atom stereocenters. The van der Waals surface area contributed by atoms with E-state index in [4.69, 9.17) is 0 Å². The zero-order chi connectivity index (χ0) is 13.7. The molecule has 0 aromatic heterocycles. The molecular weight excluding hydrogens is 264 g/mol. The van der Waals surface area contributed by atoms with Crippen molar-refractivity contribution in [1.29, 1.82) is 0 Å². The molecule has 2 unspecified atom stereocenters. The standard InChI is InChI=1S/C13H22N2O3S/c1-13(6-8-19(17,18)9-13)15-7-2-3-11(12(15)16)14-10-4-5-10/h10-11,14H,2-9H2,1H3. The van der Waals surface area contributed by atoms with Crippen LogP contribution in [0.2, 0.25) is 0 Å². The van der Waals surface area contributed by atoms with Crippen LogP contribution < -0.4 is 5.32 Å². The van der Waals surface area contributed by atoms with E-state index in [-0.39, 0.29) is 23.5 Å². The van der Waals surface area contributed by atoms with Crippen LogP contribution in [-0.2, 0) is 14.6 Å². The van der Waals surface area contributed by atoms with E-state index in [1.807, 2.05) is 11.8 Å². The minimum absolute atomic E-state index is 0.0959. The molecule has 2 heterocycles. The van der Waals surface area contributed by atoms with E-state index in [2.05, 4.69) is 5.32 Å². The van der Waals surface area contributed by atoms with Gasteiger partial charge in [0.2, 0.25) is 5.91 Å². The number of amides is 1. The molecule has 1 aliphatic carbocycles. The van der Waals surface area contributed by atoms with E-state index in [9.17, 15) is 13.2 Å². The van der Waals surface area contributed by atoms with Crippen LogP contribution in [0.25, 0.3) is 0 Å². The van der Waals surface area contributed by atoms with Crippen LogP contribution in [0.1, 0.15) is 39.0 Å². The predicted octanol–water partition coefficient (Wildman–Crippen LogP) is 0.307. The molecule has 1 saturated carbocycles. The minimum Gasteiger partial charge on any atom is -0.335 e. The Hall–Kier alpha value is -0.620. The van der Waals surface area contributed by atoms with Crippen molar-refractivity contribution < 1.29 is 13.2 Å². The first-order chi connectivity index (χ1) is 8.90. The number of likely N-dealkylation sites (tertiary alicyclic amines) is 1. The minimum atomic E-state index is -2.97. The van der Waals surface area contributed by atoms with Crippen molar-refractivity contribution in [3.05, 3.63) is 0 Å². The van der Waals surface area contributed by atoms with Crippen LogP contribution in [0.5, 0.6) is 0 Å².